The number of fused-ring (bicyclic) bond motifs is 1. The number of piperidine rings is 1. The number of hydrogen-bond acceptors (Lipinski definition) is 4. The Kier molecular flexibility index (Phi) is 4.14. The van der Waals surface area contributed by atoms with Gasteiger partial charge in [0, 0.05) is 18.3 Å². The van der Waals surface area contributed by atoms with Gasteiger partial charge < -0.3 is 4.90 Å². The molecule has 1 fully saturated rings. The molecule has 0 radical (unpaired) electrons. The second kappa shape index (κ2) is 6.29. The zero-order valence-corrected chi connectivity index (χ0v) is 14.5. The predicted octanol–water partition coefficient (Wildman–Crippen LogP) is 3.65. The zero-order chi connectivity index (χ0) is 16.7. The molecule has 1 unspecified atom stereocenters. The largest absolute Gasteiger partial charge is 0.334 e. The van der Waals surface area contributed by atoms with Gasteiger partial charge in [-0.25, -0.2) is 14.1 Å². The second-order valence-electron chi connectivity index (χ2n) is 6.00. The Labute approximate surface area is 147 Å². The van der Waals surface area contributed by atoms with Gasteiger partial charge in [-0.05, 0) is 25.7 Å². The maximum atomic E-state index is 13.6. The van der Waals surface area contributed by atoms with Crippen LogP contribution in [0.15, 0.2) is 12.3 Å². The van der Waals surface area contributed by atoms with Gasteiger partial charge in [0.2, 0.25) is 0 Å². The van der Waals surface area contributed by atoms with Gasteiger partial charge in [0.05, 0.1) is 18.4 Å². The molecule has 2 aromatic heterocycles. The van der Waals surface area contributed by atoms with E-state index in [2.05, 4.69) is 16.2 Å². The Morgan fingerprint density at radius 2 is 2.33 bits per heavy atom. The summed E-state index contributed by atoms with van der Waals surface area (Å²) >= 11 is 7.50. The van der Waals surface area contributed by atoms with Gasteiger partial charge in [0.15, 0.2) is 5.01 Å². The molecule has 24 heavy (non-hydrogen) atoms. The summed E-state index contributed by atoms with van der Waals surface area (Å²) in [6.07, 6.45) is 7.77. The predicted molar refractivity (Wildman–Crippen MR) is 92.0 cm³/mol. The van der Waals surface area contributed by atoms with Crippen molar-refractivity contribution < 1.29 is 9.18 Å². The van der Waals surface area contributed by atoms with E-state index in [9.17, 15) is 9.18 Å². The summed E-state index contributed by atoms with van der Waals surface area (Å²) in [6, 6.07) is 0. The molecule has 2 aromatic rings. The first-order valence-corrected chi connectivity index (χ1v) is 9.16. The molecular formula is C16H16ClFN4OS. The van der Waals surface area contributed by atoms with E-state index in [4.69, 9.17) is 11.6 Å². The van der Waals surface area contributed by atoms with E-state index in [1.165, 1.54) is 4.90 Å². The molecule has 0 saturated carbocycles. The molecule has 1 atom stereocenters. The first kappa shape index (κ1) is 15.8. The SMILES string of the molecule is O=C(c1nc(-c2cnn3c2CCC=C3)c(Cl)s1)N1CCCC(F)C1. The minimum Gasteiger partial charge on any atom is -0.334 e. The Morgan fingerprint density at radius 3 is 3.17 bits per heavy atom. The number of amides is 1. The summed E-state index contributed by atoms with van der Waals surface area (Å²) < 4.78 is 15.8. The molecule has 0 bridgehead atoms. The minimum absolute atomic E-state index is 0.138. The molecule has 4 heterocycles. The van der Waals surface area contributed by atoms with Crippen LogP contribution in [-0.2, 0) is 6.42 Å². The number of aromatic nitrogens is 3. The van der Waals surface area contributed by atoms with Crippen LogP contribution in [0.1, 0.15) is 34.8 Å². The summed E-state index contributed by atoms with van der Waals surface area (Å²) in [5.74, 6) is -0.239. The van der Waals surface area contributed by atoms with Gasteiger partial charge in [-0.15, -0.1) is 0 Å². The summed E-state index contributed by atoms with van der Waals surface area (Å²) in [7, 11) is 0. The van der Waals surface area contributed by atoms with Gasteiger partial charge in [0.1, 0.15) is 16.2 Å². The van der Waals surface area contributed by atoms with E-state index in [0.717, 1.165) is 35.4 Å². The molecule has 0 aromatic carbocycles. The van der Waals surface area contributed by atoms with Crippen LogP contribution < -0.4 is 0 Å². The zero-order valence-electron chi connectivity index (χ0n) is 12.9. The van der Waals surface area contributed by atoms with Crippen LogP contribution in [0.25, 0.3) is 17.5 Å². The van der Waals surface area contributed by atoms with Crippen molar-refractivity contribution in [3.05, 3.63) is 27.3 Å². The van der Waals surface area contributed by atoms with E-state index in [-0.39, 0.29) is 12.5 Å². The van der Waals surface area contributed by atoms with Crippen LogP contribution in [0.4, 0.5) is 4.39 Å². The first-order chi connectivity index (χ1) is 11.6. The van der Waals surface area contributed by atoms with Crippen molar-refractivity contribution in [3.63, 3.8) is 0 Å². The smallest absolute Gasteiger partial charge is 0.283 e. The quantitative estimate of drug-likeness (QED) is 0.815. The van der Waals surface area contributed by atoms with E-state index < -0.39 is 6.17 Å². The van der Waals surface area contributed by atoms with Crippen LogP contribution in [-0.4, -0.2) is 44.8 Å². The van der Waals surface area contributed by atoms with Crippen LogP contribution in [0.2, 0.25) is 4.34 Å². The number of likely N-dealkylation sites (tertiary alicyclic amines) is 1. The lowest BCUT2D eigenvalue weighted by atomic mass is 10.1. The third-order valence-corrected chi connectivity index (χ3v) is 5.61. The first-order valence-electron chi connectivity index (χ1n) is 7.96. The number of thiazole rings is 1. The topological polar surface area (TPSA) is 51.0 Å². The third kappa shape index (κ3) is 2.75. The van der Waals surface area contributed by atoms with E-state index >= 15 is 0 Å². The Hall–Kier alpha value is -1.73. The number of alkyl halides is 1. The molecule has 1 saturated heterocycles. The van der Waals surface area contributed by atoms with Crippen molar-refractivity contribution in [2.75, 3.05) is 13.1 Å². The van der Waals surface area contributed by atoms with Gasteiger partial charge in [-0.1, -0.05) is 29.0 Å². The summed E-state index contributed by atoms with van der Waals surface area (Å²) in [4.78, 5) is 18.6. The second-order valence-corrected chi connectivity index (χ2v) is 7.61. The average Bonchev–Trinajstić information content (AvgIpc) is 3.17. The van der Waals surface area contributed by atoms with E-state index in [1.807, 2.05) is 10.9 Å². The molecule has 2 aliphatic rings. The van der Waals surface area contributed by atoms with Gasteiger partial charge in [-0.3, -0.25) is 4.79 Å². The number of nitrogens with zero attached hydrogens (tertiary/aromatic N) is 4. The van der Waals surface area contributed by atoms with Crippen molar-refractivity contribution in [1.82, 2.24) is 19.7 Å². The molecule has 0 aliphatic carbocycles. The van der Waals surface area contributed by atoms with Crippen molar-refractivity contribution in [3.8, 4) is 11.3 Å². The highest BCUT2D eigenvalue weighted by atomic mass is 35.5. The molecule has 126 valence electrons. The normalized spacial score (nSPS) is 20.2. The van der Waals surface area contributed by atoms with Gasteiger partial charge in [0.25, 0.3) is 5.91 Å². The number of carbonyl (C=O) groups excluding carboxylic acids is 1. The highest BCUT2D eigenvalue weighted by Crippen LogP contribution is 2.36. The highest BCUT2D eigenvalue weighted by molar-refractivity contribution is 7.18. The standard InChI is InChI=1S/C16H16ClFN4OS/c17-14-13(11-8-19-22-7-2-1-5-12(11)22)20-15(24-14)16(23)21-6-3-4-10(18)9-21/h2,7-8,10H,1,3-6,9H2. The molecule has 0 N–H and O–H groups in total. The number of hydrogen-bond donors (Lipinski definition) is 0. The van der Waals surface area contributed by atoms with Crippen LogP contribution in [0.3, 0.4) is 0 Å². The van der Waals surface area contributed by atoms with Crippen molar-refractivity contribution >= 4 is 35.0 Å². The fourth-order valence-corrected chi connectivity index (χ4v) is 4.30. The van der Waals surface area contributed by atoms with Crippen LogP contribution >= 0.6 is 22.9 Å². The van der Waals surface area contributed by atoms with E-state index in [0.29, 0.717) is 34.4 Å². The third-order valence-electron chi connectivity index (χ3n) is 4.37. The summed E-state index contributed by atoms with van der Waals surface area (Å²) in [5.41, 5.74) is 2.50. The lowest BCUT2D eigenvalue weighted by Gasteiger charge is -2.28. The molecular weight excluding hydrogens is 351 g/mol. The maximum Gasteiger partial charge on any atom is 0.283 e. The van der Waals surface area contributed by atoms with Gasteiger partial charge >= 0.3 is 0 Å². The minimum atomic E-state index is -0.952. The number of allylic oxidation sites excluding steroid dienone is 1. The molecule has 4 rings (SSSR count). The summed E-state index contributed by atoms with van der Waals surface area (Å²) in [5, 5.41) is 4.63. The fraction of sp³-hybridized carbons (Fsp3) is 0.438. The van der Waals surface area contributed by atoms with E-state index in [1.54, 1.807) is 6.20 Å². The highest BCUT2D eigenvalue weighted by Gasteiger charge is 2.28. The van der Waals surface area contributed by atoms with Crippen molar-refractivity contribution in [2.24, 2.45) is 0 Å². The summed E-state index contributed by atoms with van der Waals surface area (Å²) in [6.45, 7) is 0.707. The van der Waals surface area contributed by atoms with Crippen LogP contribution in [0.5, 0.6) is 0 Å². The fourth-order valence-electron chi connectivity index (χ4n) is 3.16. The van der Waals surface area contributed by atoms with Crippen LogP contribution in [0, 0.1) is 0 Å². The molecule has 1 amide bonds. The average molecular weight is 367 g/mol. The Bertz CT molecular complexity index is 815. The number of halogens is 2. The lowest BCUT2D eigenvalue weighted by molar-refractivity contribution is 0.0636. The lowest BCUT2D eigenvalue weighted by Crippen LogP contribution is -2.40. The molecule has 0 spiro atoms. The number of rotatable bonds is 2. The van der Waals surface area contributed by atoms with Crippen molar-refractivity contribution in [1.29, 1.82) is 0 Å². The van der Waals surface area contributed by atoms with Crippen molar-refractivity contribution in [2.45, 2.75) is 31.9 Å². The Balaban J connectivity index is 1.64. The molecule has 5 nitrogen and oxygen atoms in total. The number of carbonyl (C=O) groups is 1. The maximum absolute atomic E-state index is 13.6. The molecule has 8 heteroatoms. The monoisotopic (exact) mass is 366 g/mol. The Morgan fingerprint density at radius 1 is 1.46 bits per heavy atom. The van der Waals surface area contributed by atoms with Gasteiger partial charge in [-0.2, -0.15) is 5.10 Å². The molecule has 2 aliphatic heterocycles.